The number of hydrogen-bond donors (Lipinski definition) is 1. The lowest BCUT2D eigenvalue weighted by Crippen LogP contribution is -2.13. The molecule has 1 aromatic heterocycles. The van der Waals surface area contributed by atoms with Gasteiger partial charge in [-0.05, 0) is 65.3 Å². The summed E-state index contributed by atoms with van der Waals surface area (Å²) >= 11 is 0. The molecule has 0 unspecified atom stereocenters. The van der Waals surface area contributed by atoms with E-state index in [1.54, 1.807) is 0 Å². The first kappa shape index (κ1) is 22.5. The molecule has 0 atom stereocenters. The Morgan fingerprint density at radius 3 is 2.36 bits per heavy atom. The van der Waals surface area contributed by atoms with Gasteiger partial charge < -0.3 is 9.84 Å². The van der Waals surface area contributed by atoms with Crippen molar-refractivity contribution in [3.8, 4) is 22.6 Å². The maximum atomic E-state index is 11.4. The van der Waals surface area contributed by atoms with E-state index < -0.39 is 0 Å². The molecule has 6 nitrogen and oxygen atoms in total. The third-order valence-electron chi connectivity index (χ3n) is 5.82. The minimum Gasteiger partial charge on any atom is -0.505 e. The Morgan fingerprint density at radius 2 is 1.70 bits per heavy atom. The van der Waals surface area contributed by atoms with Crippen LogP contribution < -0.4 is 0 Å². The number of aryl methyl sites for hydroxylation is 2. The largest absolute Gasteiger partial charge is 0.505 e. The van der Waals surface area contributed by atoms with Crippen molar-refractivity contribution in [2.75, 3.05) is 7.11 Å². The molecule has 0 amide bonds. The van der Waals surface area contributed by atoms with Crippen LogP contribution in [0.1, 0.15) is 43.9 Å². The molecular weight excluding hydrogens is 414 g/mol. The van der Waals surface area contributed by atoms with Gasteiger partial charge in [-0.2, -0.15) is 0 Å². The number of aromatic nitrogens is 3. The van der Waals surface area contributed by atoms with Crippen LogP contribution >= 0.6 is 0 Å². The van der Waals surface area contributed by atoms with Crippen LogP contribution in [-0.4, -0.2) is 33.2 Å². The van der Waals surface area contributed by atoms with E-state index in [2.05, 4.69) is 31.0 Å². The van der Waals surface area contributed by atoms with Crippen LogP contribution in [0.2, 0.25) is 0 Å². The monoisotopic (exact) mass is 443 g/mol. The van der Waals surface area contributed by atoms with E-state index >= 15 is 0 Å². The number of hydrogen-bond acceptors (Lipinski definition) is 5. The molecule has 0 aliphatic heterocycles. The standard InChI is InChI=1S/C27H29N3O3/c1-17-6-12-22-23(14-17)29-30(28-22)24-16-20(27(2,3)4)15-21(26(24)32)19-10-7-18(8-11-19)9-13-25(31)33-5/h6-8,10-12,14-16,32H,9,13H2,1-5H3. The first-order valence-electron chi connectivity index (χ1n) is 11.0. The number of fused-ring (bicyclic) bond motifs is 1. The van der Waals surface area contributed by atoms with Crippen LogP contribution in [0.3, 0.4) is 0 Å². The highest BCUT2D eigenvalue weighted by Crippen LogP contribution is 2.39. The third kappa shape index (κ3) is 4.75. The molecule has 1 heterocycles. The maximum Gasteiger partial charge on any atom is 0.305 e. The molecule has 4 rings (SSSR count). The number of rotatable bonds is 5. The Hall–Kier alpha value is -3.67. The van der Waals surface area contributed by atoms with Gasteiger partial charge in [0.05, 0.1) is 7.11 Å². The van der Waals surface area contributed by atoms with Crippen molar-refractivity contribution in [3.05, 3.63) is 71.3 Å². The molecule has 33 heavy (non-hydrogen) atoms. The summed E-state index contributed by atoms with van der Waals surface area (Å²) in [6.07, 6.45) is 0.943. The second kappa shape index (κ2) is 8.70. The highest BCUT2D eigenvalue weighted by molar-refractivity contribution is 5.78. The molecular formula is C27H29N3O3. The van der Waals surface area contributed by atoms with Crippen molar-refractivity contribution in [1.82, 2.24) is 15.0 Å². The van der Waals surface area contributed by atoms with Gasteiger partial charge in [-0.3, -0.25) is 4.79 Å². The topological polar surface area (TPSA) is 77.2 Å². The maximum absolute atomic E-state index is 11.4. The van der Waals surface area contributed by atoms with Gasteiger partial charge in [-0.25, -0.2) is 0 Å². The number of ether oxygens (including phenoxy) is 1. The van der Waals surface area contributed by atoms with Gasteiger partial charge in [0.2, 0.25) is 0 Å². The average Bonchev–Trinajstić information content (AvgIpc) is 3.20. The molecule has 3 aromatic carbocycles. The number of phenols is 1. The number of phenolic OH excluding ortho intramolecular Hbond substituents is 1. The Balaban J connectivity index is 1.79. The molecule has 4 aromatic rings. The number of benzene rings is 3. The number of nitrogens with zero attached hydrogens (tertiary/aromatic N) is 3. The van der Waals surface area contributed by atoms with Gasteiger partial charge >= 0.3 is 5.97 Å². The van der Waals surface area contributed by atoms with Crippen molar-refractivity contribution in [3.63, 3.8) is 0 Å². The van der Waals surface area contributed by atoms with Crippen LogP contribution in [0.4, 0.5) is 0 Å². The van der Waals surface area contributed by atoms with Gasteiger partial charge in [-0.1, -0.05) is 51.1 Å². The first-order chi connectivity index (χ1) is 15.7. The number of carbonyl (C=O) groups excluding carboxylic acids is 1. The van der Waals surface area contributed by atoms with Gasteiger partial charge in [0.15, 0.2) is 5.75 Å². The summed E-state index contributed by atoms with van der Waals surface area (Å²) in [4.78, 5) is 13.0. The van der Waals surface area contributed by atoms with Crippen LogP contribution in [0.25, 0.3) is 27.8 Å². The second-order valence-corrected chi connectivity index (χ2v) is 9.40. The molecule has 0 saturated heterocycles. The normalized spacial score (nSPS) is 11.7. The van der Waals surface area contributed by atoms with E-state index in [-0.39, 0.29) is 17.1 Å². The van der Waals surface area contributed by atoms with Crippen molar-refractivity contribution in [2.24, 2.45) is 0 Å². The zero-order chi connectivity index (χ0) is 23.8. The Morgan fingerprint density at radius 1 is 1.00 bits per heavy atom. The first-order valence-corrected chi connectivity index (χ1v) is 11.0. The number of esters is 1. The highest BCUT2D eigenvalue weighted by Gasteiger charge is 2.21. The molecule has 0 spiro atoms. The summed E-state index contributed by atoms with van der Waals surface area (Å²) in [5.41, 5.74) is 6.77. The van der Waals surface area contributed by atoms with Crippen LogP contribution in [0.15, 0.2) is 54.6 Å². The summed E-state index contributed by atoms with van der Waals surface area (Å²) in [6, 6.07) is 17.8. The van der Waals surface area contributed by atoms with Gasteiger partial charge in [0, 0.05) is 12.0 Å². The van der Waals surface area contributed by atoms with E-state index in [1.165, 1.54) is 11.9 Å². The average molecular weight is 444 g/mol. The molecule has 6 heteroatoms. The lowest BCUT2D eigenvalue weighted by Gasteiger charge is -2.22. The van der Waals surface area contributed by atoms with Crippen LogP contribution in [-0.2, 0) is 21.4 Å². The van der Waals surface area contributed by atoms with Crippen LogP contribution in [0, 0.1) is 6.92 Å². The van der Waals surface area contributed by atoms with Crippen LogP contribution in [0.5, 0.6) is 5.75 Å². The fraction of sp³-hybridized carbons (Fsp3) is 0.296. The van der Waals surface area contributed by atoms with Gasteiger partial charge in [0.1, 0.15) is 16.7 Å². The third-order valence-corrected chi connectivity index (χ3v) is 5.82. The predicted octanol–water partition coefficient (Wildman–Crippen LogP) is 5.50. The lowest BCUT2D eigenvalue weighted by molar-refractivity contribution is -0.140. The van der Waals surface area contributed by atoms with Gasteiger partial charge in [0.25, 0.3) is 0 Å². The lowest BCUT2D eigenvalue weighted by atomic mass is 9.84. The molecule has 0 aliphatic rings. The van der Waals surface area contributed by atoms with E-state index in [4.69, 9.17) is 4.74 Å². The predicted molar refractivity (Wildman–Crippen MR) is 130 cm³/mol. The zero-order valence-corrected chi connectivity index (χ0v) is 19.7. The Labute approximate surface area is 193 Å². The summed E-state index contributed by atoms with van der Waals surface area (Å²) in [6.45, 7) is 8.43. The smallest absolute Gasteiger partial charge is 0.305 e. The minimum atomic E-state index is -0.228. The van der Waals surface area contributed by atoms with E-state index in [0.717, 1.165) is 38.9 Å². The van der Waals surface area contributed by atoms with Crippen molar-refractivity contribution >= 4 is 17.0 Å². The molecule has 170 valence electrons. The molecule has 0 bridgehead atoms. The summed E-state index contributed by atoms with van der Waals surface area (Å²) in [5, 5.41) is 20.5. The SMILES string of the molecule is COC(=O)CCc1ccc(-c2cc(C(C)(C)C)cc(-n3nc4ccc(C)cc4n3)c2O)cc1. The second-order valence-electron chi connectivity index (χ2n) is 9.40. The Bertz CT molecular complexity index is 1320. The van der Waals surface area contributed by atoms with E-state index in [0.29, 0.717) is 18.5 Å². The minimum absolute atomic E-state index is 0.127. The molecule has 0 fully saturated rings. The zero-order valence-electron chi connectivity index (χ0n) is 19.7. The van der Waals surface area contributed by atoms with E-state index in [9.17, 15) is 9.90 Å². The Kier molecular flexibility index (Phi) is 5.93. The fourth-order valence-electron chi connectivity index (χ4n) is 3.76. The van der Waals surface area contributed by atoms with Crippen molar-refractivity contribution in [1.29, 1.82) is 0 Å². The molecule has 0 aliphatic carbocycles. The van der Waals surface area contributed by atoms with Crippen molar-refractivity contribution in [2.45, 2.75) is 46.0 Å². The fourth-order valence-corrected chi connectivity index (χ4v) is 3.76. The number of methoxy groups -OCH3 is 1. The summed E-state index contributed by atoms with van der Waals surface area (Å²) in [7, 11) is 1.40. The quantitative estimate of drug-likeness (QED) is 0.412. The molecule has 0 radical (unpaired) electrons. The van der Waals surface area contributed by atoms with E-state index in [1.807, 2.05) is 61.5 Å². The molecule has 1 N–H and O–H groups in total. The molecule has 0 saturated carbocycles. The number of aromatic hydroxyl groups is 1. The highest BCUT2D eigenvalue weighted by atomic mass is 16.5. The van der Waals surface area contributed by atoms with Crippen molar-refractivity contribution < 1.29 is 14.6 Å². The number of carbonyl (C=O) groups is 1. The van der Waals surface area contributed by atoms with Gasteiger partial charge in [-0.15, -0.1) is 15.0 Å². The summed E-state index contributed by atoms with van der Waals surface area (Å²) in [5.74, 6) is -0.101. The summed E-state index contributed by atoms with van der Waals surface area (Å²) < 4.78 is 4.72.